The van der Waals surface area contributed by atoms with Crippen molar-refractivity contribution in [3.8, 4) is 0 Å². The number of carbonyl (C=O) groups excluding carboxylic acids is 1. The van der Waals surface area contributed by atoms with E-state index in [4.69, 9.17) is 4.52 Å². The molecule has 1 fully saturated rings. The van der Waals surface area contributed by atoms with E-state index in [1.807, 2.05) is 18.2 Å². The molecule has 1 aliphatic rings. The normalized spacial score (nSPS) is 14.5. The topological polar surface area (TPSA) is 105 Å². The maximum absolute atomic E-state index is 12.8. The van der Waals surface area contributed by atoms with Gasteiger partial charge in [0, 0.05) is 24.5 Å². The number of amides is 1. The number of nitrogens with one attached hydrogen (secondary N) is 1. The van der Waals surface area contributed by atoms with Crippen molar-refractivity contribution in [2.75, 3.05) is 13.1 Å². The van der Waals surface area contributed by atoms with Gasteiger partial charge in [0.1, 0.15) is 0 Å². The van der Waals surface area contributed by atoms with Crippen LogP contribution in [0.3, 0.4) is 0 Å². The van der Waals surface area contributed by atoms with Crippen LogP contribution in [0.2, 0.25) is 0 Å². The fourth-order valence-electron chi connectivity index (χ4n) is 3.45. The quantitative estimate of drug-likeness (QED) is 0.501. The van der Waals surface area contributed by atoms with Crippen molar-refractivity contribution >= 4 is 27.7 Å². The summed E-state index contributed by atoms with van der Waals surface area (Å²) in [6.07, 6.45) is 1.80. The van der Waals surface area contributed by atoms with Gasteiger partial charge in [0.05, 0.1) is 16.2 Å². The van der Waals surface area contributed by atoms with Crippen LogP contribution in [0.1, 0.15) is 40.5 Å². The van der Waals surface area contributed by atoms with Crippen LogP contribution in [-0.2, 0) is 22.3 Å². The van der Waals surface area contributed by atoms with Crippen molar-refractivity contribution in [1.29, 1.82) is 0 Å². The Hall–Kier alpha value is -2.69. The number of hydrogen-bond acceptors (Lipinski definition) is 7. The fraction of sp³-hybridized carbons (Fsp3) is 0.318. The molecule has 2 aromatic carbocycles. The molecule has 2 heterocycles. The summed E-state index contributed by atoms with van der Waals surface area (Å²) in [7, 11) is -3.44. The number of aryl methyl sites for hydroxylation is 1. The standard InChI is InChI=1S/C22H24N4O4S2/c1-16-24-21(30-25-16)15-31-20-7-3-2-6-19(20)22(27)23-14-17-8-10-18(11-9-17)32(28,29)26-12-4-5-13-26/h2-3,6-11H,4-5,12-15H2,1H3,(H,23,27). The van der Waals surface area contributed by atoms with E-state index in [0.29, 0.717) is 42.7 Å². The average molecular weight is 473 g/mol. The van der Waals surface area contributed by atoms with Gasteiger partial charge in [-0.1, -0.05) is 29.4 Å². The number of nitrogens with zero attached hydrogens (tertiary/aromatic N) is 3. The molecule has 1 aromatic heterocycles. The highest BCUT2D eigenvalue weighted by molar-refractivity contribution is 7.98. The van der Waals surface area contributed by atoms with Crippen molar-refractivity contribution < 1.29 is 17.7 Å². The Labute approximate surface area is 191 Å². The number of sulfonamides is 1. The lowest BCUT2D eigenvalue weighted by Crippen LogP contribution is -2.28. The van der Waals surface area contributed by atoms with E-state index >= 15 is 0 Å². The largest absolute Gasteiger partial charge is 0.348 e. The molecular weight excluding hydrogens is 448 g/mol. The summed E-state index contributed by atoms with van der Waals surface area (Å²) < 4.78 is 31.9. The van der Waals surface area contributed by atoms with Gasteiger partial charge in [-0.05, 0) is 49.6 Å². The summed E-state index contributed by atoms with van der Waals surface area (Å²) in [5.41, 5.74) is 1.38. The van der Waals surface area contributed by atoms with Crippen LogP contribution in [0.5, 0.6) is 0 Å². The highest BCUT2D eigenvalue weighted by Crippen LogP contribution is 2.26. The van der Waals surface area contributed by atoms with E-state index in [1.54, 1.807) is 37.3 Å². The van der Waals surface area contributed by atoms with Gasteiger partial charge in [-0.25, -0.2) is 8.42 Å². The van der Waals surface area contributed by atoms with Crippen LogP contribution >= 0.6 is 11.8 Å². The SMILES string of the molecule is Cc1noc(CSc2ccccc2C(=O)NCc2ccc(S(=O)(=O)N3CCCC3)cc2)n1. The molecule has 1 saturated heterocycles. The van der Waals surface area contributed by atoms with Gasteiger partial charge in [0.15, 0.2) is 5.82 Å². The summed E-state index contributed by atoms with van der Waals surface area (Å²) >= 11 is 1.45. The molecule has 3 aromatic rings. The van der Waals surface area contributed by atoms with Crippen molar-refractivity contribution in [3.05, 3.63) is 71.4 Å². The smallest absolute Gasteiger partial charge is 0.252 e. The van der Waals surface area contributed by atoms with Crippen molar-refractivity contribution in [2.24, 2.45) is 0 Å². The van der Waals surface area contributed by atoms with Crippen LogP contribution in [0.25, 0.3) is 0 Å². The second-order valence-electron chi connectivity index (χ2n) is 7.46. The van der Waals surface area contributed by atoms with E-state index in [1.165, 1.54) is 16.1 Å². The van der Waals surface area contributed by atoms with Gasteiger partial charge in [-0.15, -0.1) is 11.8 Å². The lowest BCUT2D eigenvalue weighted by atomic mass is 10.2. The molecule has 32 heavy (non-hydrogen) atoms. The first kappa shape index (κ1) is 22.5. The second-order valence-corrected chi connectivity index (χ2v) is 10.4. The zero-order chi connectivity index (χ0) is 22.6. The molecule has 4 rings (SSSR count). The van der Waals surface area contributed by atoms with E-state index in [0.717, 1.165) is 23.3 Å². The van der Waals surface area contributed by atoms with Crippen LogP contribution in [0.4, 0.5) is 0 Å². The molecule has 0 spiro atoms. The number of hydrogen-bond donors (Lipinski definition) is 1. The van der Waals surface area contributed by atoms with Crippen molar-refractivity contribution in [3.63, 3.8) is 0 Å². The van der Waals surface area contributed by atoms with Crippen molar-refractivity contribution in [1.82, 2.24) is 19.8 Å². The third-order valence-corrected chi connectivity index (χ3v) is 8.10. The average Bonchev–Trinajstić information content (AvgIpc) is 3.49. The first-order valence-corrected chi connectivity index (χ1v) is 12.7. The molecule has 10 heteroatoms. The highest BCUT2D eigenvalue weighted by atomic mass is 32.2. The molecule has 0 atom stereocenters. The summed E-state index contributed by atoms with van der Waals surface area (Å²) in [6.45, 7) is 3.20. The molecule has 0 radical (unpaired) electrons. The molecule has 168 valence electrons. The van der Waals surface area contributed by atoms with Crippen molar-refractivity contribution in [2.45, 2.75) is 41.9 Å². The monoisotopic (exact) mass is 472 g/mol. The molecular formula is C22H24N4O4S2. The second kappa shape index (κ2) is 9.85. The number of thioether (sulfide) groups is 1. The Morgan fingerprint density at radius 1 is 1.12 bits per heavy atom. The van der Waals surface area contributed by atoms with Gasteiger partial charge < -0.3 is 9.84 Å². The van der Waals surface area contributed by atoms with Crippen LogP contribution in [0.15, 0.2) is 62.8 Å². The Kier molecular flexibility index (Phi) is 6.92. The lowest BCUT2D eigenvalue weighted by Gasteiger charge is -2.15. The molecule has 1 aliphatic heterocycles. The fourth-order valence-corrected chi connectivity index (χ4v) is 5.86. The first-order chi connectivity index (χ1) is 15.4. The van der Waals surface area contributed by atoms with E-state index in [-0.39, 0.29) is 10.8 Å². The molecule has 0 bridgehead atoms. The van der Waals surface area contributed by atoms with Gasteiger partial charge in [-0.2, -0.15) is 9.29 Å². The van der Waals surface area contributed by atoms with Crippen LogP contribution in [-0.4, -0.2) is 41.9 Å². The summed E-state index contributed by atoms with van der Waals surface area (Å²) in [6, 6.07) is 14.0. The first-order valence-electron chi connectivity index (χ1n) is 10.3. The molecule has 1 N–H and O–H groups in total. The zero-order valence-corrected chi connectivity index (χ0v) is 19.3. The van der Waals surface area contributed by atoms with Gasteiger partial charge in [-0.3, -0.25) is 4.79 Å². The van der Waals surface area contributed by atoms with E-state index in [9.17, 15) is 13.2 Å². The Morgan fingerprint density at radius 2 is 1.84 bits per heavy atom. The number of benzene rings is 2. The maximum Gasteiger partial charge on any atom is 0.252 e. The number of carbonyl (C=O) groups is 1. The molecule has 8 nitrogen and oxygen atoms in total. The minimum Gasteiger partial charge on any atom is -0.348 e. The highest BCUT2D eigenvalue weighted by Gasteiger charge is 2.26. The summed E-state index contributed by atoms with van der Waals surface area (Å²) in [5, 5.41) is 6.68. The summed E-state index contributed by atoms with van der Waals surface area (Å²) in [5.74, 6) is 1.35. The predicted octanol–water partition coefficient (Wildman–Crippen LogP) is 3.38. The van der Waals surface area contributed by atoms with Gasteiger partial charge in [0.25, 0.3) is 5.91 Å². The lowest BCUT2D eigenvalue weighted by molar-refractivity contribution is 0.0948. The van der Waals surface area contributed by atoms with Gasteiger partial charge >= 0.3 is 0 Å². The molecule has 0 saturated carbocycles. The minimum atomic E-state index is -3.44. The predicted molar refractivity (Wildman–Crippen MR) is 121 cm³/mol. The Balaban J connectivity index is 1.37. The number of aromatic nitrogens is 2. The van der Waals surface area contributed by atoms with E-state index in [2.05, 4.69) is 15.5 Å². The molecule has 0 aliphatic carbocycles. The third kappa shape index (κ3) is 5.20. The van der Waals surface area contributed by atoms with Gasteiger partial charge in [0.2, 0.25) is 15.9 Å². The maximum atomic E-state index is 12.8. The zero-order valence-electron chi connectivity index (χ0n) is 17.7. The van der Waals surface area contributed by atoms with Crippen LogP contribution < -0.4 is 5.32 Å². The van der Waals surface area contributed by atoms with E-state index < -0.39 is 10.0 Å². The minimum absolute atomic E-state index is 0.205. The van der Waals surface area contributed by atoms with Crippen LogP contribution in [0, 0.1) is 6.92 Å². The Bertz CT molecular complexity index is 1190. The molecule has 1 amide bonds. The molecule has 0 unspecified atom stereocenters. The number of rotatable bonds is 8. The third-order valence-electron chi connectivity index (χ3n) is 5.13. The summed E-state index contributed by atoms with van der Waals surface area (Å²) in [4.78, 5) is 18.1. The Morgan fingerprint density at radius 3 is 2.53 bits per heavy atom.